The summed E-state index contributed by atoms with van der Waals surface area (Å²) in [7, 11) is 0. The molecule has 0 N–H and O–H groups in total. The lowest BCUT2D eigenvalue weighted by Crippen LogP contribution is -2.01. The minimum Gasteiger partial charge on any atom is -0.207 e. The first-order valence-electron chi connectivity index (χ1n) is 8.48. The van der Waals surface area contributed by atoms with Crippen LogP contribution in [0.3, 0.4) is 0 Å². The predicted octanol–water partition coefficient (Wildman–Crippen LogP) is 7.32. The van der Waals surface area contributed by atoms with Crippen LogP contribution in [0.1, 0.15) is 44.7 Å². The highest BCUT2D eigenvalue weighted by molar-refractivity contribution is 5.51. The average molecular weight is 348 g/mol. The van der Waals surface area contributed by atoms with Crippen LogP contribution >= 0.6 is 0 Å². The Morgan fingerprint density at radius 3 is 2.36 bits per heavy atom. The second-order valence-corrected chi connectivity index (χ2v) is 6.76. The van der Waals surface area contributed by atoms with E-state index >= 15 is 0 Å². The second kappa shape index (κ2) is 9.45. The molecule has 0 saturated carbocycles. The smallest absolute Gasteiger partial charge is 0.166 e. The van der Waals surface area contributed by atoms with Crippen LogP contribution < -0.4 is 0 Å². The fraction of sp³-hybridized carbons (Fsp3) is 0.364. The molecule has 0 fully saturated rings. The third kappa shape index (κ3) is 6.41. The molecule has 0 saturated heterocycles. The average Bonchev–Trinajstić information content (AvgIpc) is 2.56. The molecule has 1 aromatic carbocycles. The summed E-state index contributed by atoms with van der Waals surface area (Å²) in [6.07, 6.45) is 6.58. The van der Waals surface area contributed by atoms with E-state index < -0.39 is 11.6 Å². The van der Waals surface area contributed by atoms with Crippen LogP contribution in [-0.2, 0) is 0 Å². The van der Waals surface area contributed by atoms with E-state index in [4.69, 9.17) is 0 Å². The highest BCUT2D eigenvalue weighted by Gasteiger charge is 2.10. The number of aryl methyl sites for hydroxylation is 1. The zero-order chi connectivity index (χ0) is 19.1. The molecule has 0 radical (unpaired) electrons. The lowest BCUT2D eigenvalue weighted by molar-refractivity contribution is 0.501. The van der Waals surface area contributed by atoms with E-state index in [0.717, 1.165) is 18.4 Å². The Kier molecular flexibility index (Phi) is 7.95. The summed E-state index contributed by atoms with van der Waals surface area (Å²) in [6.45, 7) is 14.6. The van der Waals surface area contributed by atoms with Crippen molar-refractivity contribution in [1.82, 2.24) is 0 Å². The van der Waals surface area contributed by atoms with Gasteiger partial charge in [-0.2, -0.15) is 0 Å². The van der Waals surface area contributed by atoms with Crippen molar-refractivity contribution in [1.29, 1.82) is 0 Å². The second-order valence-electron chi connectivity index (χ2n) is 6.76. The molecule has 1 aromatic rings. The molecule has 2 unspecified atom stereocenters. The lowest BCUT2D eigenvalue weighted by atomic mass is 9.92. The normalized spacial score (nSPS) is 14.6. The highest BCUT2D eigenvalue weighted by atomic mass is 19.2. The van der Waals surface area contributed by atoms with Gasteiger partial charge < -0.3 is 0 Å². The van der Waals surface area contributed by atoms with Crippen molar-refractivity contribution < 1.29 is 13.2 Å². The van der Waals surface area contributed by atoms with Gasteiger partial charge >= 0.3 is 0 Å². The molecule has 0 aliphatic rings. The van der Waals surface area contributed by atoms with Gasteiger partial charge in [-0.15, -0.1) is 0 Å². The van der Waals surface area contributed by atoms with Crippen LogP contribution in [-0.4, -0.2) is 0 Å². The van der Waals surface area contributed by atoms with Crippen molar-refractivity contribution in [3.63, 3.8) is 0 Å². The van der Waals surface area contributed by atoms with Crippen molar-refractivity contribution in [2.45, 2.75) is 40.5 Å². The monoisotopic (exact) mass is 348 g/mol. The van der Waals surface area contributed by atoms with Gasteiger partial charge in [0.05, 0.1) is 0 Å². The third-order valence-corrected chi connectivity index (χ3v) is 4.32. The summed E-state index contributed by atoms with van der Waals surface area (Å²) >= 11 is 0. The Labute approximate surface area is 149 Å². The number of hydrogen-bond acceptors (Lipinski definition) is 0. The van der Waals surface area contributed by atoms with Gasteiger partial charge in [0.25, 0.3) is 0 Å². The zero-order valence-electron chi connectivity index (χ0n) is 15.5. The SMILES string of the molecule is C=C(C)/C(F)=C\C(=C)C(C)CCC(C)/C=C/c1ccc(C)c(F)c1F. The predicted molar refractivity (Wildman–Crippen MR) is 101 cm³/mol. The molecule has 0 bridgehead atoms. The molecule has 0 nitrogen and oxygen atoms in total. The van der Waals surface area contributed by atoms with Crippen molar-refractivity contribution in [3.8, 4) is 0 Å². The molecule has 3 heteroatoms. The van der Waals surface area contributed by atoms with Crippen LogP contribution in [0.4, 0.5) is 13.2 Å². The van der Waals surface area contributed by atoms with E-state index in [-0.39, 0.29) is 23.2 Å². The molecule has 0 aromatic heterocycles. The zero-order valence-corrected chi connectivity index (χ0v) is 15.5. The van der Waals surface area contributed by atoms with E-state index in [0.29, 0.717) is 11.1 Å². The van der Waals surface area contributed by atoms with Crippen LogP contribution in [0.15, 0.2) is 54.4 Å². The fourth-order valence-corrected chi connectivity index (χ4v) is 2.28. The van der Waals surface area contributed by atoms with Crippen LogP contribution in [0.5, 0.6) is 0 Å². The Balaban J connectivity index is 2.61. The highest BCUT2D eigenvalue weighted by Crippen LogP contribution is 2.23. The summed E-state index contributed by atoms with van der Waals surface area (Å²) in [4.78, 5) is 0. The Hall–Kier alpha value is -2.03. The van der Waals surface area contributed by atoms with Gasteiger partial charge in [0, 0.05) is 5.56 Å². The molecule has 0 spiro atoms. The fourth-order valence-electron chi connectivity index (χ4n) is 2.28. The van der Waals surface area contributed by atoms with Crippen molar-refractivity contribution in [2.75, 3.05) is 0 Å². The number of allylic oxidation sites excluding steroid dienone is 5. The Bertz CT molecular complexity index is 695. The summed E-state index contributed by atoms with van der Waals surface area (Å²) < 4.78 is 41.0. The van der Waals surface area contributed by atoms with Gasteiger partial charge in [-0.25, -0.2) is 13.2 Å². The minimum absolute atomic E-state index is 0.134. The van der Waals surface area contributed by atoms with Crippen LogP contribution in [0.25, 0.3) is 6.08 Å². The number of halogens is 3. The molecule has 2 atom stereocenters. The lowest BCUT2D eigenvalue weighted by Gasteiger charge is -2.14. The summed E-state index contributed by atoms with van der Waals surface area (Å²) in [6, 6.07) is 3.14. The van der Waals surface area contributed by atoms with Crippen molar-refractivity contribution >= 4 is 6.08 Å². The molecule has 136 valence electrons. The molecule has 0 amide bonds. The van der Waals surface area contributed by atoms with E-state index in [1.807, 2.05) is 19.9 Å². The summed E-state index contributed by atoms with van der Waals surface area (Å²) in [5.41, 5.74) is 1.66. The minimum atomic E-state index is -0.814. The molecule has 25 heavy (non-hydrogen) atoms. The number of rotatable bonds is 8. The topological polar surface area (TPSA) is 0 Å². The van der Waals surface area contributed by atoms with E-state index in [9.17, 15) is 13.2 Å². The standard InChI is InChI=1S/C22H27F3/c1-14(2)20(23)13-18(6)16(4)9-7-15(3)8-11-19-12-10-17(5)21(24)22(19)25/h8,10-13,15-16H,1,6-7,9H2,2-5H3/b11-8+,20-13+. The molecule has 0 aliphatic heterocycles. The van der Waals surface area contributed by atoms with Gasteiger partial charge in [0.2, 0.25) is 0 Å². The molecule has 0 heterocycles. The van der Waals surface area contributed by atoms with E-state index in [2.05, 4.69) is 13.2 Å². The quantitative estimate of drug-likeness (QED) is 0.432. The first-order chi connectivity index (χ1) is 11.6. The maximum absolute atomic E-state index is 13.8. The first-order valence-corrected chi connectivity index (χ1v) is 8.48. The first kappa shape index (κ1) is 21.0. The van der Waals surface area contributed by atoms with E-state index in [1.54, 1.807) is 25.1 Å². The molecule has 1 rings (SSSR count). The van der Waals surface area contributed by atoms with Gasteiger partial charge in [0.15, 0.2) is 11.6 Å². The van der Waals surface area contributed by atoms with Gasteiger partial charge in [-0.3, -0.25) is 0 Å². The number of hydrogen-bond donors (Lipinski definition) is 0. The van der Waals surface area contributed by atoms with Gasteiger partial charge in [0.1, 0.15) is 5.83 Å². The Morgan fingerprint density at radius 2 is 1.76 bits per heavy atom. The Morgan fingerprint density at radius 1 is 1.12 bits per heavy atom. The van der Waals surface area contributed by atoms with Crippen LogP contribution in [0.2, 0.25) is 0 Å². The van der Waals surface area contributed by atoms with Crippen LogP contribution in [0, 0.1) is 30.4 Å². The molecule has 0 aliphatic carbocycles. The third-order valence-electron chi connectivity index (χ3n) is 4.32. The molecular weight excluding hydrogens is 321 g/mol. The van der Waals surface area contributed by atoms with E-state index in [1.165, 1.54) is 13.0 Å². The maximum Gasteiger partial charge on any atom is 0.166 e. The summed E-state index contributed by atoms with van der Waals surface area (Å²) in [5.74, 6) is -1.64. The summed E-state index contributed by atoms with van der Waals surface area (Å²) in [5, 5.41) is 0. The molecular formula is C22H27F3. The maximum atomic E-state index is 13.8. The van der Waals surface area contributed by atoms with Gasteiger partial charge in [-0.05, 0) is 61.3 Å². The van der Waals surface area contributed by atoms with Crippen molar-refractivity contribution in [3.05, 3.63) is 77.2 Å². The van der Waals surface area contributed by atoms with Gasteiger partial charge in [-0.1, -0.05) is 51.3 Å². The number of benzene rings is 1. The van der Waals surface area contributed by atoms with Crippen molar-refractivity contribution in [2.24, 2.45) is 11.8 Å². The largest absolute Gasteiger partial charge is 0.207 e.